The number of benzene rings is 2. The summed E-state index contributed by atoms with van der Waals surface area (Å²) in [6.07, 6.45) is 0.0196. The van der Waals surface area contributed by atoms with Crippen LogP contribution in [0.3, 0.4) is 0 Å². The van der Waals surface area contributed by atoms with E-state index in [9.17, 15) is 14.8 Å². The van der Waals surface area contributed by atoms with Gasteiger partial charge in [-0.2, -0.15) is 10.2 Å². The van der Waals surface area contributed by atoms with E-state index in [-0.39, 0.29) is 12.1 Å². The molecule has 1 unspecified atom stereocenters. The molecule has 3 rings (SSSR count). The number of hydroxylamine groups is 1. The van der Waals surface area contributed by atoms with E-state index >= 15 is 0 Å². The van der Waals surface area contributed by atoms with Crippen molar-refractivity contribution >= 4 is 34.4 Å². The van der Waals surface area contributed by atoms with Crippen LogP contribution in [0.5, 0.6) is 0 Å². The van der Waals surface area contributed by atoms with E-state index in [1.54, 1.807) is 0 Å². The molecular weight excluding hydrogens is 378 g/mol. The molecule has 1 atom stereocenters. The maximum Gasteiger partial charge on any atom is 0.337 e. The van der Waals surface area contributed by atoms with Gasteiger partial charge in [-0.15, -0.1) is 0 Å². The first-order valence-electron chi connectivity index (χ1n) is 8.62. The van der Waals surface area contributed by atoms with Gasteiger partial charge in [0.15, 0.2) is 0 Å². The second-order valence-electron chi connectivity index (χ2n) is 6.65. The van der Waals surface area contributed by atoms with Gasteiger partial charge in [-0.05, 0) is 38.1 Å². The molecule has 0 bridgehead atoms. The molecule has 0 radical (unpaired) electrons. The van der Waals surface area contributed by atoms with Crippen LogP contribution in [0.25, 0.3) is 0 Å². The third kappa shape index (κ3) is 4.35. The molecule has 0 fully saturated rings. The Balaban J connectivity index is 1.64. The van der Waals surface area contributed by atoms with E-state index in [0.717, 1.165) is 16.2 Å². The van der Waals surface area contributed by atoms with Crippen LogP contribution in [-0.4, -0.2) is 34.1 Å². The summed E-state index contributed by atoms with van der Waals surface area (Å²) in [6, 6.07) is 13.9. The quantitative estimate of drug-likeness (QED) is 0.455. The molecule has 0 aromatic heterocycles. The molecule has 146 valence electrons. The largest absolute Gasteiger partial charge is 0.465 e. The number of rotatable bonds is 5. The number of methoxy groups -OCH3 is 1. The summed E-state index contributed by atoms with van der Waals surface area (Å²) < 4.78 is 4.63. The van der Waals surface area contributed by atoms with Gasteiger partial charge < -0.3 is 4.74 Å². The number of nitrogens with one attached hydrogen (secondary N) is 1. The fourth-order valence-corrected chi connectivity index (χ4v) is 3.75. The third-order valence-corrected chi connectivity index (χ3v) is 5.48. The van der Waals surface area contributed by atoms with Gasteiger partial charge in [0.1, 0.15) is 9.91 Å². The molecule has 28 heavy (non-hydrogen) atoms. The average molecular weight is 399 g/mol. The monoisotopic (exact) mass is 399 g/mol. The van der Waals surface area contributed by atoms with Gasteiger partial charge in [-0.1, -0.05) is 41.6 Å². The number of hydrogen-bond donors (Lipinski definition) is 2. The molecule has 2 N–H and O–H groups in total. The van der Waals surface area contributed by atoms with Crippen LogP contribution >= 0.6 is 11.8 Å². The van der Waals surface area contributed by atoms with Crippen molar-refractivity contribution < 1.29 is 19.5 Å². The summed E-state index contributed by atoms with van der Waals surface area (Å²) in [5.74, 6) is -0.976. The Kier molecular flexibility index (Phi) is 5.71. The highest BCUT2D eigenvalue weighted by Gasteiger charge is 2.36. The molecule has 0 spiro atoms. The Hall–Kier alpha value is -2.84. The molecule has 2 aromatic rings. The van der Waals surface area contributed by atoms with Crippen molar-refractivity contribution in [1.29, 1.82) is 0 Å². The van der Waals surface area contributed by atoms with Crippen molar-refractivity contribution in [3.63, 3.8) is 0 Å². The molecule has 1 heterocycles. The zero-order chi connectivity index (χ0) is 20.3. The van der Waals surface area contributed by atoms with Gasteiger partial charge >= 0.3 is 5.97 Å². The number of hydrogen-bond acceptors (Lipinski definition) is 7. The Bertz CT molecular complexity index is 912. The van der Waals surface area contributed by atoms with Crippen LogP contribution < -0.4 is 10.5 Å². The zero-order valence-corrected chi connectivity index (χ0v) is 16.6. The molecule has 1 aliphatic rings. The first-order valence-corrected chi connectivity index (χ1v) is 9.44. The number of anilines is 1. The highest BCUT2D eigenvalue weighted by Crippen LogP contribution is 2.35. The van der Waals surface area contributed by atoms with Crippen LogP contribution in [0, 0.1) is 6.92 Å². The second-order valence-corrected chi connectivity index (χ2v) is 8.14. The molecular formula is C20H21N3O4S. The standard InChI is InChI=1S/C20H21N3O4S/c1-13-4-6-14(7-5-13)18-21-22-20(2,28-18)12-17(24)23(26)16-10-8-15(9-11-16)19(25)27-3/h4-11,22,26H,12H2,1-3H3. The van der Waals surface area contributed by atoms with E-state index in [1.807, 2.05) is 38.1 Å². The number of esters is 1. The van der Waals surface area contributed by atoms with E-state index in [4.69, 9.17) is 0 Å². The van der Waals surface area contributed by atoms with E-state index in [1.165, 1.54) is 43.1 Å². The lowest BCUT2D eigenvalue weighted by Crippen LogP contribution is -2.39. The summed E-state index contributed by atoms with van der Waals surface area (Å²) in [5, 5.41) is 16.0. The number of nitrogens with zero attached hydrogens (tertiary/aromatic N) is 2. The summed E-state index contributed by atoms with van der Waals surface area (Å²) in [7, 11) is 1.29. The first kappa shape index (κ1) is 19.9. The zero-order valence-electron chi connectivity index (χ0n) is 15.8. The Morgan fingerprint density at radius 3 is 2.43 bits per heavy atom. The minimum atomic E-state index is -0.676. The molecule has 0 saturated carbocycles. The molecule has 7 nitrogen and oxygen atoms in total. The number of hydrazone groups is 1. The van der Waals surface area contributed by atoms with Gasteiger partial charge in [-0.25, -0.2) is 4.79 Å². The van der Waals surface area contributed by atoms with E-state index < -0.39 is 16.7 Å². The number of carbonyl (C=O) groups excluding carboxylic acids is 2. The first-order chi connectivity index (χ1) is 13.3. The topological polar surface area (TPSA) is 91.2 Å². The minimum Gasteiger partial charge on any atom is -0.465 e. The highest BCUT2D eigenvalue weighted by atomic mass is 32.2. The summed E-state index contributed by atoms with van der Waals surface area (Å²) in [6.45, 7) is 3.87. The molecule has 2 aromatic carbocycles. The van der Waals surface area contributed by atoms with Crippen molar-refractivity contribution in [3.05, 3.63) is 65.2 Å². The predicted molar refractivity (Wildman–Crippen MR) is 109 cm³/mol. The van der Waals surface area contributed by atoms with Gasteiger partial charge in [0.25, 0.3) is 5.91 Å². The molecule has 0 aliphatic carbocycles. The second kappa shape index (κ2) is 8.04. The Labute approximate surface area is 167 Å². The lowest BCUT2D eigenvalue weighted by molar-refractivity contribution is -0.124. The van der Waals surface area contributed by atoms with Crippen molar-refractivity contribution in [2.45, 2.75) is 25.1 Å². The molecule has 0 saturated heterocycles. The molecule has 1 aliphatic heterocycles. The summed E-state index contributed by atoms with van der Waals surface area (Å²) in [5.41, 5.74) is 5.73. The van der Waals surface area contributed by atoms with Crippen molar-refractivity contribution in [1.82, 2.24) is 5.43 Å². The SMILES string of the molecule is COC(=O)c1ccc(N(O)C(=O)CC2(C)NN=C(c3ccc(C)cc3)S2)cc1. The lowest BCUT2D eigenvalue weighted by atomic mass is 10.2. The van der Waals surface area contributed by atoms with Crippen molar-refractivity contribution in [2.75, 3.05) is 12.2 Å². The normalized spacial score (nSPS) is 18.2. The van der Waals surface area contributed by atoms with Crippen LogP contribution in [0.1, 0.15) is 34.8 Å². The Morgan fingerprint density at radius 1 is 1.18 bits per heavy atom. The van der Waals surface area contributed by atoms with Gasteiger partial charge in [0.2, 0.25) is 0 Å². The fraction of sp³-hybridized carbons (Fsp3) is 0.250. The van der Waals surface area contributed by atoms with E-state index in [0.29, 0.717) is 10.6 Å². The number of carbonyl (C=O) groups is 2. The lowest BCUT2D eigenvalue weighted by Gasteiger charge is -2.24. The average Bonchev–Trinajstić information content (AvgIpc) is 3.09. The van der Waals surface area contributed by atoms with Crippen LogP contribution in [0.4, 0.5) is 5.69 Å². The van der Waals surface area contributed by atoms with Gasteiger partial charge in [0.05, 0.1) is 24.8 Å². The van der Waals surface area contributed by atoms with Crippen molar-refractivity contribution in [2.24, 2.45) is 5.10 Å². The van der Waals surface area contributed by atoms with Crippen LogP contribution in [0.2, 0.25) is 0 Å². The smallest absolute Gasteiger partial charge is 0.337 e. The molecule has 1 amide bonds. The maximum atomic E-state index is 12.5. The van der Waals surface area contributed by atoms with Crippen molar-refractivity contribution in [3.8, 4) is 0 Å². The summed E-state index contributed by atoms with van der Waals surface area (Å²) in [4.78, 5) is 23.3. The highest BCUT2D eigenvalue weighted by molar-refractivity contribution is 8.15. The Morgan fingerprint density at radius 2 is 1.82 bits per heavy atom. The summed E-state index contributed by atoms with van der Waals surface area (Å²) >= 11 is 1.44. The number of aryl methyl sites for hydroxylation is 1. The number of ether oxygens (including phenoxy) is 1. The third-order valence-electron chi connectivity index (χ3n) is 4.27. The van der Waals surface area contributed by atoms with Crippen LogP contribution in [0.15, 0.2) is 53.6 Å². The number of amides is 1. The minimum absolute atomic E-state index is 0.0196. The fourth-order valence-electron chi connectivity index (χ4n) is 2.69. The van der Waals surface area contributed by atoms with E-state index in [2.05, 4.69) is 15.3 Å². The maximum absolute atomic E-state index is 12.5. The van der Waals surface area contributed by atoms with Gasteiger partial charge in [-0.3, -0.25) is 15.4 Å². The number of thioether (sulfide) groups is 1. The predicted octanol–water partition coefficient (Wildman–Crippen LogP) is 3.31. The van der Waals surface area contributed by atoms with Gasteiger partial charge in [0, 0.05) is 5.56 Å². The molecule has 8 heteroatoms. The van der Waals surface area contributed by atoms with Crippen LogP contribution in [-0.2, 0) is 9.53 Å².